The van der Waals surface area contributed by atoms with Crippen molar-refractivity contribution in [2.75, 3.05) is 13.7 Å². The molecule has 5 heteroatoms. The van der Waals surface area contributed by atoms with Gasteiger partial charge in [-0.3, -0.25) is 9.78 Å². The summed E-state index contributed by atoms with van der Waals surface area (Å²) in [6.45, 7) is 0.561. The molecule has 0 fully saturated rings. The number of rotatable bonds is 6. The van der Waals surface area contributed by atoms with E-state index < -0.39 is 0 Å². The van der Waals surface area contributed by atoms with Gasteiger partial charge in [0.25, 0.3) is 5.91 Å². The van der Waals surface area contributed by atoms with Crippen molar-refractivity contribution in [3.05, 3.63) is 24.0 Å². The Morgan fingerprint density at radius 2 is 2.41 bits per heavy atom. The van der Waals surface area contributed by atoms with Crippen LogP contribution in [-0.2, 0) is 0 Å². The highest BCUT2D eigenvalue weighted by molar-refractivity contribution is 5.96. The maximum absolute atomic E-state index is 11.8. The zero-order chi connectivity index (χ0) is 12.5. The molecule has 1 amide bonds. The lowest BCUT2D eigenvalue weighted by Crippen LogP contribution is -2.24. The van der Waals surface area contributed by atoms with Crippen LogP contribution in [0, 0.1) is 11.3 Å². The van der Waals surface area contributed by atoms with Gasteiger partial charge in [0.2, 0.25) is 0 Å². The van der Waals surface area contributed by atoms with Crippen molar-refractivity contribution < 1.29 is 9.53 Å². The molecule has 5 nitrogen and oxygen atoms in total. The van der Waals surface area contributed by atoms with Gasteiger partial charge in [-0.25, -0.2) is 0 Å². The molecule has 0 saturated carbocycles. The molecule has 1 N–H and O–H groups in total. The van der Waals surface area contributed by atoms with Crippen LogP contribution in [0.4, 0.5) is 0 Å². The molecule has 0 unspecified atom stereocenters. The fourth-order valence-corrected chi connectivity index (χ4v) is 1.36. The number of nitrogens with one attached hydrogen (secondary N) is 1. The molecular formula is C12H15N3O2. The SMILES string of the molecule is COc1cnccc1C(=O)NCCCCC#N. The van der Waals surface area contributed by atoms with E-state index in [2.05, 4.69) is 16.4 Å². The Labute approximate surface area is 100 Å². The number of unbranched alkanes of at least 4 members (excludes halogenated alkanes) is 2. The molecule has 0 spiro atoms. The molecule has 0 saturated heterocycles. The van der Waals surface area contributed by atoms with E-state index >= 15 is 0 Å². The van der Waals surface area contributed by atoms with E-state index in [1.165, 1.54) is 13.3 Å². The first kappa shape index (κ1) is 13.0. The number of hydrogen-bond donors (Lipinski definition) is 1. The molecule has 1 rings (SSSR count). The van der Waals surface area contributed by atoms with E-state index in [4.69, 9.17) is 10.00 Å². The molecular weight excluding hydrogens is 218 g/mol. The number of hydrogen-bond acceptors (Lipinski definition) is 4. The highest BCUT2D eigenvalue weighted by atomic mass is 16.5. The average Bonchev–Trinajstić information content (AvgIpc) is 2.38. The number of carbonyl (C=O) groups excluding carboxylic acids is 1. The van der Waals surface area contributed by atoms with Gasteiger partial charge in [0.05, 0.1) is 24.9 Å². The number of amides is 1. The first-order valence-electron chi connectivity index (χ1n) is 5.42. The topological polar surface area (TPSA) is 75.0 Å². The van der Waals surface area contributed by atoms with Crippen molar-refractivity contribution >= 4 is 5.91 Å². The van der Waals surface area contributed by atoms with Crippen LogP contribution in [-0.4, -0.2) is 24.5 Å². The van der Waals surface area contributed by atoms with Crippen LogP contribution in [0.25, 0.3) is 0 Å². The van der Waals surface area contributed by atoms with Gasteiger partial charge in [-0.1, -0.05) is 0 Å². The van der Waals surface area contributed by atoms with Crippen molar-refractivity contribution in [3.63, 3.8) is 0 Å². The van der Waals surface area contributed by atoms with Gasteiger partial charge in [-0.15, -0.1) is 0 Å². The number of aromatic nitrogens is 1. The van der Waals surface area contributed by atoms with Gasteiger partial charge in [-0.2, -0.15) is 5.26 Å². The molecule has 0 atom stereocenters. The van der Waals surface area contributed by atoms with Crippen LogP contribution in [0.5, 0.6) is 5.75 Å². The normalized spacial score (nSPS) is 9.41. The van der Waals surface area contributed by atoms with Crippen molar-refractivity contribution in [1.29, 1.82) is 5.26 Å². The first-order chi connectivity index (χ1) is 8.29. The third-order valence-electron chi connectivity index (χ3n) is 2.25. The molecule has 1 aromatic heterocycles. The van der Waals surface area contributed by atoms with E-state index in [0.717, 1.165) is 12.8 Å². The molecule has 0 aliphatic carbocycles. The summed E-state index contributed by atoms with van der Waals surface area (Å²) in [4.78, 5) is 15.7. The number of nitrogens with zero attached hydrogens (tertiary/aromatic N) is 2. The largest absolute Gasteiger partial charge is 0.494 e. The minimum absolute atomic E-state index is 0.179. The Balaban J connectivity index is 2.44. The Bertz CT molecular complexity index is 412. The molecule has 90 valence electrons. The molecule has 1 aromatic rings. The van der Waals surface area contributed by atoms with Gasteiger partial charge in [0.1, 0.15) is 5.75 Å². The average molecular weight is 233 g/mol. The number of ether oxygens (including phenoxy) is 1. The van der Waals surface area contributed by atoms with Crippen LogP contribution in [0.3, 0.4) is 0 Å². The zero-order valence-electron chi connectivity index (χ0n) is 9.77. The maximum atomic E-state index is 11.8. The molecule has 17 heavy (non-hydrogen) atoms. The number of carbonyl (C=O) groups is 1. The third kappa shape index (κ3) is 4.11. The van der Waals surface area contributed by atoms with Gasteiger partial charge in [0, 0.05) is 19.2 Å². The minimum atomic E-state index is -0.179. The smallest absolute Gasteiger partial charge is 0.255 e. The van der Waals surface area contributed by atoms with Gasteiger partial charge in [-0.05, 0) is 18.9 Å². The van der Waals surface area contributed by atoms with E-state index in [1.807, 2.05) is 0 Å². The Hall–Kier alpha value is -2.09. The summed E-state index contributed by atoms with van der Waals surface area (Å²) in [5, 5.41) is 11.1. The van der Waals surface area contributed by atoms with Gasteiger partial charge < -0.3 is 10.1 Å². The van der Waals surface area contributed by atoms with Crippen LogP contribution >= 0.6 is 0 Å². The first-order valence-corrected chi connectivity index (χ1v) is 5.42. The van der Waals surface area contributed by atoms with E-state index in [1.54, 1.807) is 12.3 Å². The molecule has 0 aliphatic rings. The molecule has 0 bridgehead atoms. The monoisotopic (exact) mass is 233 g/mol. The summed E-state index contributed by atoms with van der Waals surface area (Å²) in [6, 6.07) is 3.68. The van der Waals surface area contributed by atoms with Crippen molar-refractivity contribution in [2.45, 2.75) is 19.3 Å². The predicted molar refractivity (Wildman–Crippen MR) is 62.6 cm³/mol. The highest BCUT2D eigenvalue weighted by Gasteiger charge is 2.10. The van der Waals surface area contributed by atoms with Crippen molar-refractivity contribution in [3.8, 4) is 11.8 Å². The predicted octanol–water partition coefficient (Wildman–Crippen LogP) is 1.51. The second-order valence-corrected chi connectivity index (χ2v) is 3.45. The number of pyridine rings is 1. The fourth-order valence-electron chi connectivity index (χ4n) is 1.36. The fraction of sp³-hybridized carbons (Fsp3) is 0.417. The Kier molecular flexibility index (Phi) is 5.52. The van der Waals surface area contributed by atoms with Crippen LogP contribution in [0.1, 0.15) is 29.6 Å². The Morgan fingerprint density at radius 3 is 3.12 bits per heavy atom. The van der Waals surface area contributed by atoms with Crippen molar-refractivity contribution in [2.24, 2.45) is 0 Å². The standard InChI is InChI=1S/C12H15N3O2/c1-17-11-9-14-8-5-10(11)12(16)15-7-4-2-3-6-13/h5,8-9H,2-4,7H2,1H3,(H,15,16). The molecule has 0 aromatic carbocycles. The highest BCUT2D eigenvalue weighted by Crippen LogP contribution is 2.15. The summed E-state index contributed by atoms with van der Waals surface area (Å²) >= 11 is 0. The molecule has 0 aliphatic heterocycles. The number of nitriles is 1. The quantitative estimate of drug-likeness (QED) is 0.756. The molecule has 1 heterocycles. The second-order valence-electron chi connectivity index (χ2n) is 3.45. The zero-order valence-corrected chi connectivity index (χ0v) is 9.77. The molecule has 0 radical (unpaired) electrons. The number of methoxy groups -OCH3 is 1. The van der Waals surface area contributed by atoms with Gasteiger partial charge in [0.15, 0.2) is 0 Å². The van der Waals surface area contributed by atoms with Crippen LogP contribution < -0.4 is 10.1 Å². The minimum Gasteiger partial charge on any atom is -0.494 e. The summed E-state index contributed by atoms with van der Waals surface area (Å²) in [5.74, 6) is 0.281. The lowest BCUT2D eigenvalue weighted by molar-refractivity contribution is 0.0950. The van der Waals surface area contributed by atoms with E-state index in [0.29, 0.717) is 24.3 Å². The third-order valence-corrected chi connectivity index (χ3v) is 2.25. The summed E-state index contributed by atoms with van der Waals surface area (Å²) in [6.07, 6.45) is 5.17. The lowest BCUT2D eigenvalue weighted by Gasteiger charge is -2.07. The second kappa shape index (κ2) is 7.23. The summed E-state index contributed by atoms with van der Waals surface area (Å²) in [5.41, 5.74) is 0.475. The summed E-state index contributed by atoms with van der Waals surface area (Å²) in [7, 11) is 1.50. The maximum Gasteiger partial charge on any atom is 0.255 e. The van der Waals surface area contributed by atoms with E-state index in [-0.39, 0.29) is 5.91 Å². The van der Waals surface area contributed by atoms with Crippen LogP contribution in [0.2, 0.25) is 0 Å². The van der Waals surface area contributed by atoms with Gasteiger partial charge >= 0.3 is 0 Å². The Morgan fingerprint density at radius 1 is 1.59 bits per heavy atom. The lowest BCUT2D eigenvalue weighted by atomic mass is 10.2. The van der Waals surface area contributed by atoms with Crippen LogP contribution in [0.15, 0.2) is 18.5 Å². The summed E-state index contributed by atoms with van der Waals surface area (Å²) < 4.78 is 5.04. The van der Waals surface area contributed by atoms with Crippen molar-refractivity contribution in [1.82, 2.24) is 10.3 Å². The van der Waals surface area contributed by atoms with E-state index in [9.17, 15) is 4.79 Å².